The molecular formula is C33H35ClF2N2O5. The minimum Gasteiger partial charge on any atom is -0.488 e. The van der Waals surface area contributed by atoms with Crippen molar-refractivity contribution in [2.75, 3.05) is 13.2 Å². The lowest BCUT2D eigenvalue weighted by molar-refractivity contribution is 0.00707. The molecule has 1 saturated carbocycles. The maximum Gasteiger partial charge on any atom is 0.252 e. The van der Waals surface area contributed by atoms with Crippen molar-refractivity contribution in [1.82, 2.24) is 10.6 Å². The summed E-state index contributed by atoms with van der Waals surface area (Å²) in [6, 6.07) is 12.5. The van der Waals surface area contributed by atoms with Crippen LogP contribution in [-0.4, -0.2) is 46.5 Å². The predicted octanol–water partition coefficient (Wildman–Crippen LogP) is 5.79. The molecule has 7 nitrogen and oxygen atoms in total. The molecule has 1 aliphatic carbocycles. The Hall–Kier alpha value is -3.24. The van der Waals surface area contributed by atoms with Crippen LogP contribution in [0.4, 0.5) is 8.78 Å². The summed E-state index contributed by atoms with van der Waals surface area (Å²) in [7, 11) is 0. The molecule has 6 rings (SSSR count). The highest BCUT2D eigenvalue weighted by atomic mass is 35.5. The number of carbonyl (C=O) groups excluding carboxylic acids is 1. The molecule has 2 heterocycles. The van der Waals surface area contributed by atoms with E-state index in [1.54, 1.807) is 0 Å². The number of benzene rings is 3. The SMILES string of the molecule is CC(C)(O)COc1ccc2c(c1F)-c1c(Cl)c(F)cc3c1[C@H](NC2=O)[C@@](CN[C@H]1CC[C@](C)(O)CC1)(c1ccccc1)O3. The highest BCUT2D eigenvalue weighted by Crippen LogP contribution is 2.57. The van der Waals surface area contributed by atoms with Gasteiger partial charge in [-0.05, 0) is 64.2 Å². The van der Waals surface area contributed by atoms with Crippen LogP contribution in [0.3, 0.4) is 0 Å². The zero-order valence-corrected chi connectivity index (χ0v) is 25.0. The van der Waals surface area contributed by atoms with E-state index < -0.39 is 40.4 Å². The molecule has 0 radical (unpaired) electrons. The van der Waals surface area contributed by atoms with E-state index in [9.17, 15) is 15.0 Å². The van der Waals surface area contributed by atoms with Gasteiger partial charge < -0.3 is 30.3 Å². The number of hydrogen-bond acceptors (Lipinski definition) is 6. The summed E-state index contributed by atoms with van der Waals surface area (Å²) in [5, 5.41) is 26.9. The molecule has 0 bridgehead atoms. The Morgan fingerprint density at radius 2 is 1.84 bits per heavy atom. The van der Waals surface area contributed by atoms with Gasteiger partial charge in [-0.2, -0.15) is 0 Å². The second-order valence-corrected chi connectivity index (χ2v) is 13.2. The fourth-order valence-corrected chi connectivity index (χ4v) is 6.65. The van der Waals surface area contributed by atoms with Crippen LogP contribution >= 0.6 is 11.6 Å². The van der Waals surface area contributed by atoms with Gasteiger partial charge in [0.2, 0.25) is 0 Å². The summed E-state index contributed by atoms with van der Waals surface area (Å²) >= 11 is 6.61. The van der Waals surface area contributed by atoms with Crippen LogP contribution < -0.4 is 20.1 Å². The molecule has 2 atom stereocenters. The lowest BCUT2D eigenvalue weighted by Gasteiger charge is -2.39. The van der Waals surface area contributed by atoms with Crippen molar-refractivity contribution in [3.8, 4) is 22.6 Å². The van der Waals surface area contributed by atoms with E-state index in [4.69, 9.17) is 21.1 Å². The van der Waals surface area contributed by atoms with Crippen LogP contribution in [0.2, 0.25) is 5.02 Å². The number of halogens is 3. The van der Waals surface area contributed by atoms with Crippen molar-refractivity contribution in [1.29, 1.82) is 0 Å². The summed E-state index contributed by atoms with van der Waals surface area (Å²) in [5.41, 5.74) is -2.28. The molecule has 4 N–H and O–H groups in total. The van der Waals surface area contributed by atoms with Crippen LogP contribution in [0.5, 0.6) is 11.5 Å². The molecule has 0 spiro atoms. The van der Waals surface area contributed by atoms with Crippen LogP contribution in [0.15, 0.2) is 48.5 Å². The van der Waals surface area contributed by atoms with E-state index in [1.165, 1.54) is 32.0 Å². The van der Waals surface area contributed by atoms with Gasteiger partial charge in [-0.3, -0.25) is 4.79 Å². The van der Waals surface area contributed by atoms with Crippen molar-refractivity contribution < 1.29 is 33.3 Å². The van der Waals surface area contributed by atoms with Crippen molar-refractivity contribution >= 4 is 17.5 Å². The Balaban J connectivity index is 1.49. The van der Waals surface area contributed by atoms with E-state index in [1.807, 2.05) is 37.3 Å². The van der Waals surface area contributed by atoms with E-state index in [0.717, 1.165) is 18.4 Å². The van der Waals surface area contributed by atoms with Gasteiger partial charge in [-0.25, -0.2) is 8.78 Å². The van der Waals surface area contributed by atoms with E-state index >= 15 is 8.78 Å². The van der Waals surface area contributed by atoms with Gasteiger partial charge in [-0.15, -0.1) is 0 Å². The zero-order chi connectivity index (χ0) is 30.7. The number of aliphatic hydroxyl groups is 2. The molecule has 2 aliphatic heterocycles. The summed E-state index contributed by atoms with van der Waals surface area (Å²) < 4.78 is 44.0. The molecule has 3 aromatic carbocycles. The van der Waals surface area contributed by atoms with Gasteiger partial charge in [0.15, 0.2) is 17.2 Å². The molecule has 10 heteroatoms. The van der Waals surface area contributed by atoms with Gasteiger partial charge in [0.05, 0.1) is 21.8 Å². The molecular weight excluding hydrogens is 578 g/mol. The number of fused-ring (bicyclic) bond motifs is 2. The number of carbonyl (C=O) groups is 1. The quantitative estimate of drug-likeness (QED) is 0.270. The summed E-state index contributed by atoms with van der Waals surface area (Å²) in [6.45, 7) is 4.90. The van der Waals surface area contributed by atoms with E-state index in [-0.39, 0.29) is 52.4 Å². The molecule has 228 valence electrons. The van der Waals surface area contributed by atoms with Crippen LogP contribution in [0.1, 0.15) is 74.0 Å². The summed E-state index contributed by atoms with van der Waals surface area (Å²) in [4.78, 5) is 13.8. The third-order valence-corrected chi connectivity index (χ3v) is 9.07. The van der Waals surface area contributed by atoms with Crippen LogP contribution in [0, 0.1) is 11.6 Å². The van der Waals surface area contributed by atoms with Gasteiger partial charge in [0.25, 0.3) is 5.91 Å². The first-order valence-corrected chi connectivity index (χ1v) is 14.9. The van der Waals surface area contributed by atoms with Crippen LogP contribution in [-0.2, 0) is 5.60 Å². The Morgan fingerprint density at radius 1 is 1.14 bits per heavy atom. The molecule has 0 unspecified atom stereocenters. The van der Waals surface area contributed by atoms with Gasteiger partial charge in [0, 0.05) is 35.3 Å². The third kappa shape index (κ3) is 5.37. The standard InChI is InChI=1S/C33H35ClF2N2O5/c1-31(2,40)17-42-22-10-9-20-24(28(22)36)26-25-23(15-21(35)27(26)34)43-33(29(25)38-30(20)39,18-7-5-4-6-8-18)16-37-19-11-13-32(3,41)14-12-19/h4-10,15,19,29,37,40-41H,11-14,16-17H2,1-3H3,(H,38,39)/t19-,29-,32-,33+/m0/s1. The first-order chi connectivity index (χ1) is 20.3. The predicted molar refractivity (Wildman–Crippen MR) is 158 cm³/mol. The second kappa shape index (κ2) is 10.7. The highest BCUT2D eigenvalue weighted by molar-refractivity contribution is 6.34. The first-order valence-electron chi connectivity index (χ1n) is 14.5. The molecule has 43 heavy (non-hydrogen) atoms. The van der Waals surface area contributed by atoms with Crippen molar-refractivity contribution in [3.63, 3.8) is 0 Å². The molecule has 3 aliphatic rings. The van der Waals surface area contributed by atoms with Crippen molar-refractivity contribution in [2.24, 2.45) is 0 Å². The summed E-state index contributed by atoms with van der Waals surface area (Å²) in [6.07, 6.45) is 2.78. The number of rotatable bonds is 7. The number of hydrogen-bond donors (Lipinski definition) is 4. The minimum atomic E-state index is -1.25. The van der Waals surface area contributed by atoms with E-state index in [0.29, 0.717) is 18.4 Å². The molecule has 1 fully saturated rings. The van der Waals surface area contributed by atoms with Gasteiger partial charge in [0.1, 0.15) is 24.2 Å². The average molecular weight is 613 g/mol. The van der Waals surface area contributed by atoms with Crippen molar-refractivity contribution in [2.45, 2.75) is 75.3 Å². The normalized spacial score (nSPS) is 26.2. The van der Waals surface area contributed by atoms with Gasteiger partial charge in [-0.1, -0.05) is 41.9 Å². The maximum absolute atomic E-state index is 16.3. The largest absolute Gasteiger partial charge is 0.488 e. The number of amides is 1. The third-order valence-electron chi connectivity index (χ3n) is 8.70. The summed E-state index contributed by atoms with van der Waals surface area (Å²) in [5.74, 6) is -2.34. The van der Waals surface area contributed by atoms with E-state index in [2.05, 4.69) is 10.6 Å². The Kier molecular flexibility index (Phi) is 7.44. The number of ether oxygens (including phenoxy) is 2. The minimum absolute atomic E-state index is 0.0211. The smallest absolute Gasteiger partial charge is 0.252 e. The molecule has 1 amide bonds. The lowest BCUT2D eigenvalue weighted by Crippen LogP contribution is -2.52. The average Bonchev–Trinajstić information content (AvgIpc) is 3.17. The number of nitrogens with one attached hydrogen (secondary N) is 2. The Bertz CT molecular complexity index is 1570. The monoisotopic (exact) mass is 612 g/mol. The molecule has 0 saturated heterocycles. The molecule has 0 aromatic heterocycles. The highest BCUT2D eigenvalue weighted by Gasteiger charge is 2.54. The van der Waals surface area contributed by atoms with Gasteiger partial charge >= 0.3 is 0 Å². The van der Waals surface area contributed by atoms with Crippen LogP contribution in [0.25, 0.3) is 11.1 Å². The molecule has 3 aromatic rings. The lowest BCUT2D eigenvalue weighted by atomic mass is 9.80. The Morgan fingerprint density at radius 3 is 2.51 bits per heavy atom. The zero-order valence-electron chi connectivity index (χ0n) is 24.3. The fourth-order valence-electron chi connectivity index (χ4n) is 6.40. The topological polar surface area (TPSA) is 100 Å². The second-order valence-electron chi connectivity index (χ2n) is 12.8. The maximum atomic E-state index is 16.3. The Labute approximate surface area is 254 Å². The van der Waals surface area contributed by atoms with Crippen molar-refractivity contribution in [3.05, 3.63) is 81.9 Å². The fraction of sp³-hybridized carbons (Fsp3) is 0.424. The first kappa shape index (κ1) is 29.8.